The van der Waals surface area contributed by atoms with Gasteiger partial charge in [0.1, 0.15) is 0 Å². The maximum absolute atomic E-state index is 5.52. The highest BCUT2D eigenvalue weighted by Crippen LogP contribution is 2.33. The normalized spacial score (nSPS) is 17.9. The van der Waals surface area contributed by atoms with Crippen molar-refractivity contribution in [2.24, 2.45) is 0 Å². The summed E-state index contributed by atoms with van der Waals surface area (Å²) in [7, 11) is 0. The molecule has 0 unspecified atom stereocenters. The molecular formula is C24H29N7O2S. The summed E-state index contributed by atoms with van der Waals surface area (Å²) in [5.41, 5.74) is 3.30. The fraction of sp³-hybridized carbons (Fsp3) is 0.500. The van der Waals surface area contributed by atoms with Crippen molar-refractivity contribution in [1.82, 2.24) is 24.7 Å². The van der Waals surface area contributed by atoms with Crippen LogP contribution < -0.4 is 9.80 Å². The van der Waals surface area contributed by atoms with Crippen LogP contribution in [0.3, 0.4) is 0 Å². The highest BCUT2D eigenvalue weighted by molar-refractivity contribution is 7.20. The van der Waals surface area contributed by atoms with E-state index in [1.54, 1.807) is 11.3 Å². The number of ether oxygens (including phenoxy) is 1. The van der Waals surface area contributed by atoms with E-state index in [4.69, 9.17) is 19.3 Å². The lowest BCUT2D eigenvalue weighted by Gasteiger charge is -2.29. The lowest BCUT2D eigenvalue weighted by atomic mass is 9.97. The third-order valence-electron chi connectivity index (χ3n) is 6.66. The van der Waals surface area contributed by atoms with Gasteiger partial charge in [0, 0.05) is 49.3 Å². The number of fused-ring (bicyclic) bond motifs is 1. The van der Waals surface area contributed by atoms with Crippen molar-refractivity contribution in [2.75, 3.05) is 49.2 Å². The van der Waals surface area contributed by atoms with Gasteiger partial charge >= 0.3 is 0 Å². The molecule has 0 N–H and O–H groups in total. The predicted molar refractivity (Wildman–Crippen MR) is 132 cm³/mol. The molecule has 2 fully saturated rings. The van der Waals surface area contributed by atoms with E-state index < -0.39 is 0 Å². The maximum Gasteiger partial charge on any atom is 0.229 e. The number of imidazole rings is 1. The van der Waals surface area contributed by atoms with Gasteiger partial charge in [-0.25, -0.2) is 9.50 Å². The summed E-state index contributed by atoms with van der Waals surface area (Å²) in [6.45, 7) is 9.49. The molecule has 178 valence electrons. The smallest absolute Gasteiger partial charge is 0.229 e. The number of nitrogens with zero attached hydrogens (tertiary/aromatic N) is 7. The summed E-state index contributed by atoms with van der Waals surface area (Å²) in [5.74, 6) is 2.19. The van der Waals surface area contributed by atoms with Gasteiger partial charge in [-0.05, 0) is 25.0 Å². The molecule has 0 radical (unpaired) electrons. The summed E-state index contributed by atoms with van der Waals surface area (Å²) in [6.07, 6.45) is 4.00. The SMILES string of the molecule is CC(C)c1noc(C2CCN(c3nn4cc(-c5ccc(N6CCOCC6)cc5)nc4s3)CC2)n1. The lowest BCUT2D eigenvalue weighted by molar-refractivity contribution is 0.122. The van der Waals surface area contributed by atoms with Crippen LogP contribution in [-0.4, -0.2) is 64.1 Å². The van der Waals surface area contributed by atoms with E-state index in [1.165, 1.54) is 5.69 Å². The van der Waals surface area contributed by atoms with Gasteiger partial charge in [-0.2, -0.15) is 4.98 Å². The Hall–Kier alpha value is -2.98. The van der Waals surface area contributed by atoms with E-state index in [1.807, 2.05) is 10.7 Å². The number of hydrogen-bond acceptors (Lipinski definition) is 9. The standard InChI is InChI=1S/C24H29N7O2S/c1-16(2)21-26-22(33-28-21)18-7-9-30(10-8-18)24-27-31-15-20(25-23(31)34-24)17-3-5-19(6-4-17)29-11-13-32-14-12-29/h3-6,15-16,18H,7-14H2,1-2H3. The zero-order chi connectivity index (χ0) is 23.1. The molecule has 0 spiro atoms. The summed E-state index contributed by atoms with van der Waals surface area (Å²) < 4.78 is 12.9. The van der Waals surface area contributed by atoms with E-state index in [9.17, 15) is 0 Å². The summed E-state index contributed by atoms with van der Waals surface area (Å²) in [5, 5.41) is 9.96. The van der Waals surface area contributed by atoms with Gasteiger partial charge < -0.3 is 19.1 Å². The Labute approximate surface area is 202 Å². The highest BCUT2D eigenvalue weighted by atomic mass is 32.1. The highest BCUT2D eigenvalue weighted by Gasteiger charge is 2.27. The predicted octanol–water partition coefficient (Wildman–Crippen LogP) is 4.18. The van der Waals surface area contributed by atoms with Crippen molar-refractivity contribution >= 4 is 27.1 Å². The van der Waals surface area contributed by atoms with E-state index >= 15 is 0 Å². The van der Waals surface area contributed by atoms with Crippen molar-refractivity contribution in [2.45, 2.75) is 38.5 Å². The summed E-state index contributed by atoms with van der Waals surface area (Å²) in [4.78, 5) is 15.1. The van der Waals surface area contributed by atoms with E-state index in [0.29, 0.717) is 5.92 Å². The number of rotatable bonds is 5. The molecule has 4 aromatic rings. The molecule has 34 heavy (non-hydrogen) atoms. The first-order chi connectivity index (χ1) is 16.6. The van der Waals surface area contributed by atoms with Crippen molar-refractivity contribution in [1.29, 1.82) is 0 Å². The van der Waals surface area contributed by atoms with Gasteiger partial charge in [0.05, 0.1) is 25.1 Å². The largest absolute Gasteiger partial charge is 0.378 e. The van der Waals surface area contributed by atoms with Crippen LogP contribution in [0.1, 0.15) is 50.2 Å². The minimum Gasteiger partial charge on any atom is -0.378 e. The second kappa shape index (κ2) is 8.99. The molecular weight excluding hydrogens is 450 g/mol. The van der Waals surface area contributed by atoms with Gasteiger partial charge in [0.25, 0.3) is 0 Å². The van der Waals surface area contributed by atoms with E-state index in [2.05, 4.69) is 58.1 Å². The zero-order valence-electron chi connectivity index (χ0n) is 19.6. The molecule has 2 aliphatic heterocycles. The van der Waals surface area contributed by atoms with Crippen LogP contribution in [0.2, 0.25) is 0 Å². The first-order valence-electron chi connectivity index (χ1n) is 12.0. The van der Waals surface area contributed by atoms with Gasteiger partial charge in [0.15, 0.2) is 5.82 Å². The molecule has 3 aromatic heterocycles. The summed E-state index contributed by atoms with van der Waals surface area (Å²) >= 11 is 1.64. The lowest BCUT2D eigenvalue weighted by Crippen LogP contribution is -2.36. The van der Waals surface area contributed by atoms with Crippen molar-refractivity contribution < 1.29 is 9.26 Å². The zero-order valence-corrected chi connectivity index (χ0v) is 20.4. The van der Waals surface area contributed by atoms with Crippen molar-refractivity contribution in [3.05, 3.63) is 42.2 Å². The quantitative estimate of drug-likeness (QED) is 0.421. The molecule has 0 aliphatic carbocycles. The Morgan fingerprint density at radius 2 is 1.74 bits per heavy atom. The number of anilines is 2. The molecule has 10 heteroatoms. The van der Waals surface area contributed by atoms with Gasteiger partial charge in [-0.15, -0.1) is 5.10 Å². The van der Waals surface area contributed by atoms with Crippen molar-refractivity contribution in [3.8, 4) is 11.3 Å². The van der Waals surface area contributed by atoms with Crippen molar-refractivity contribution in [3.63, 3.8) is 0 Å². The van der Waals surface area contributed by atoms with Gasteiger partial charge in [-0.1, -0.05) is 42.5 Å². The monoisotopic (exact) mass is 479 g/mol. The number of morpholine rings is 1. The Bertz CT molecular complexity index is 1220. The number of aromatic nitrogens is 5. The third-order valence-corrected chi connectivity index (χ3v) is 7.64. The molecule has 0 amide bonds. The van der Waals surface area contributed by atoms with Crippen LogP contribution >= 0.6 is 11.3 Å². The molecule has 2 saturated heterocycles. The van der Waals surface area contributed by atoms with E-state index in [0.717, 1.165) is 85.3 Å². The Morgan fingerprint density at radius 3 is 2.41 bits per heavy atom. The number of hydrogen-bond donors (Lipinski definition) is 0. The molecule has 0 bridgehead atoms. The van der Waals surface area contributed by atoms with Crippen LogP contribution in [0, 0.1) is 0 Å². The molecule has 1 aromatic carbocycles. The maximum atomic E-state index is 5.52. The molecule has 0 saturated carbocycles. The minimum atomic E-state index is 0.289. The Balaban J connectivity index is 1.11. The molecule has 2 aliphatic rings. The Kier molecular flexibility index (Phi) is 5.70. The fourth-order valence-electron chi connectivity index (χ4n) is 4.59. The average molecular weight is 480 g/mol. The Morgan fingerprint density at radius 1 is 0.971 bits per heavy atom. The topological polar surface area (TPSA) is 84.8 Å². The van der Waals surface area contributed by atoms with Crippen LogP contribution in [-0.2, 0) is 4.74 Å². The number of benzene rings is 1. The average Bonchev–Trinajstić information content (AvgIpc) is 3.60. The van der Waals surface area contributed by atoms with Crippen LogP contribution in [0.15, 0.2) is 35.0 Å². The second-order valence-corrected chi connectivity index (χ2v) is 10.2. The van der Waals surface area contributed by atoms with Crippen LogP contribution in [0.4, 0.5) is 10.8 Å². The van der Waals surface area contributed by atoms with E-state index in [-0.39, 0.29) is 5.92 Å². The van der Waals surface area contributed by atoms with Crippen LogP contribution in [0.25, 0.3) is 16.2 Å². The minimum absolute atomic E-state index is 0.289. The number of piperidine rings is 1. The third kappa shape index (κ3) is 4.16. The first kappa shape index (κ1) is 21.5. The molecule has 5 heterocycles. The van der Waals surface area contributed by atoms with Gasteiger partial charge in [0.2, 0.25) is 16.0 Å². The molecule has 0 atom stereocenters. The molecule has 9 nitrogen and oxygen atoms in total. The molecule has 6 rings (SSSR count). The summed E-state index contributed by atoms with van der Waals surface area (Å²) in [6, 6.07) is 8.63. The first-order valence-corrected chi connectivity index (χ1v) is 12.8. The fourth-order valence-corrected chi connectivity index (χ4v) is 5.52. The van der Waals surface area contributed by atoms with Gasteiger partial charge in [-0.3, -0.25) is 0 Å². The second-order valence-electron chi connectivity index (χ2n) is 9.29. The van der Waals surface area contributed by atoms with Crippen LogP contribution in [0.5, 0.6) is 0 Å².